The Kier molecular flexibility index (Phi) is 6.27. The molecular formula is C21H28ClN5O. The smallest absolute Gasteiger partial charge is 0.276 e. The van der Waals surface area contributed by atoms with Crippen molar-refractivity contribution in [2.24, 2.45) is 5.92 Å². The van der Waals surface area contributed by atoms with Crippen LogP contribution in [0, 0.1) is 5.92 Å². The highest BCUT2D eigenvalue weighted by molar-refractivity contribution is 6.31. The molecule has 6 nitrogen and oxygen atoms in total. The van der Waals surface area contributed by atoms with Crippen molar-refractivity contribution in [3.63, 3.8) is 0 Å². The van der Waals surface area contributed by atoms with E-state index in [1.807, 2.05) is 29.2 Å². The summed E-state index contributed by atoms with van der Waals surface area (Å²) in [4.78, 5) is 17.5. The van der Waals surface area contributed by atoms with E-state index >= 15 is 0 Å². The normalized spacial score (nSPS) is 21.0. The van der Waals surface area contributed by atoms with Crippen LogP contribution in [0.2, 0.25) is 5.02 Å². The molecule has 28 heavy (non-hydrogen) atoms. The number of aromatic nitrogens is 3. The first-order valence-electron chi connectivity index (χ1n) is 10.3. The Morgan fingerprint density at radius 2 is 1.93 bits per heavy atom. The van der Waals surface area contributed by atoms with Crippen molar-refractivity contribution in [2.45, 2.75) is 38.6 Å². The fourth-order valence-corrected chi connectivity index (χ4v) is 4.54. The van der Waals surface area contributed by atoms with E-state index in [1.165, 1.54) is 38.8 Å². The Bertz CT molecular complexity index is 802. The van der Waals surface area contributed by atoms with Gasteiger partial charge in [-0.05, 0) is 56.3 Å². The number of carbonyl (C=O) groups is 1. The van der Waals surface area contributed by atoms with Crippen LogP contribution in [0.25, 0.3) is 0 Å². The third-order valence-corrected chi connectivity index (χ3v) is 6.19. The Balaban J connectivity index is 1.36. The Morgan fingerprint density at radius 3 is 2.75 bits per heavy atom. The molecule has 0 aliphatic carbocycles. The Hall–Kier alpha value is -1.92. The van der Waals surface area contributed by atoms with Gasteiger partial charge in [-0.1, -0.05) is 41.4 Å². The maximum Gasteiger partial charge on any atom is 0.276 e. The molecule has 150 valence electrons. The molecule has 0 radical (unpaired) electrons. The highest BCUT2D eigenvalue weighted by atomic mass is 35.5. The summed E-state index contributed by atoms with van der Waals surface area (Å²) in [5.74, 6) is 0.558. The number of carbonyl (C=O) groups excluding carboxylic acids is 1. The van der Waals surface area contributed by atoms with Gasteiger partial charge in [-0.2, -0.15) is 0 Å². The molecule has 0 spiro atoms. The maximum atomic E-state index is 12.9. The van der Waals surface area contributed by atoms with Crippen LogP contribution in [0.15, 0.2) is 30.5 Å². The Morgan fingerprint density at radius 1 is 1.11 bits per heavy atom. The van der Waals surface area contributed by atoms with E-state index < -0.39 is 0 Å². The minimum Gasteiger partial charge on any atom is -0.337 e. The van der Waals surface area contributed by atoms with Crippen LogP contribution >= 0.6 is 11.6 Å². The second kappa shape index (κ2) is 9.05. The van der Waals surface area contributed by atoms with Gasteiger partial charge in [-0.3, -0.25) is 4.79 Å². The van der Waals surface area contributed by atoms with E-state index in [2.05, 4.69) is 15.2 Å². The van der Waals surface area contributed by atoms with E-state index in [1.54, 1.807) is 10.9 Å². The van der Waals surface area contributed by atoms with Crippen LogP contribution in [0.4, 0.5) is 0 Å². The largest absolute Gasteiger partial charge is 0.337 e. The topological polar surface area (TPSA) is 54.3 Å². The number of amides is 1. The predicted octanol–water partition coefficient (Wildman–Crippen LogP) is 3.32. The fraction of sp³-hybridized carbons (Fsp3) is 0.571. The molecule has 7 heteroatoms. The molecule has 1 amide bonds. The highest BCUT2D eigenvalue weighted by Crippen LogP contribution is 2.21. The molecule has 2 aliphatic heterocycles. The van der Waals surface area contributed by atoms with Gasteiger partial charge < -0.3 is 9.80 Å². The van der Waals surface area contributed by atoms with Crippen LogP contribution in [0.1, 0.15) is 48.2 Å². The van der Waals surface area contributed by atoms with Gasteiger partial charge in [-0.15, -0.1) is 5.10 Å². The van der Waals surface area contributed by atoms with Gasteiger partial charge in [0, 0.05) is 24.7 Å². The number of rotatable bonds is 5. The lowest BCUT2D eigenvalue weighted by molar-refractivity contribution is 0.0625. The summed E-state index contributed by atoms with van der Waals surface area (Å²) in [6.45, 7) is 5.68. The quantitative estimate of drug-likeness (QED) is 0.771. The lowest BCUT2D eigenvalue weighted by Crippen LogP contribution is -2.44. The van der Waals surface area contributed by atoms with Crippen molar-refractivity contribution < 1.29 is 4.79 Å². The van der Waals surface area contributed by atoms with E-state index in [4.69, 9.17) is 11.6 Å². The van der Waals surface area contributed by atoms with Crippen molar-refractivity contribution in [1.29, 1.82) is 0 Å². The van der Waals surface area contributed by atoms with Crippen molar-refractivity contribution >= 4 is 17.5 Å². The first-order valence-corrected chi connectivity index (χ1v) is 10.7. The molecule has 1 aromatic heterocycles. The van der Waals surface area contributed by atoms with Gasteiger partial charge in [0.15, 0.2) is 5.69 Å². The molecule has 1 atom stereocenters. The second-order valence-electron chi connectivity index (χ2n) is 8.01. The first kappa shape index (κ1) is 19.4. The number of benzene rings is 1. The van der Waals surface area contributed by atoms with E-state index in [-0.39, 0.29) is 5.91 Å². The average Bonchev–Trinajstić information content (AvgIpc) is 3.19. The van der Waals surface area contributed by atoms with Crippen LogP contribution in [0.5, 0.6) is 0 Å². The summed E-state index contributed by atoms with van der Waals surface area (Å²) in [6.07, 6.45) is 7.99. The van der Waals surface area contributed by atoms with Crippen molar-refractivity contribution in [3.05, 3.63) is 46.7 Å². The average molecular weight is 402 g/mol. The molecule has 2 saturated heterocycles. The molecule has 2 fully saturated rings. The van der Waals surface area contributed by atoms with E-state index in [0.717, 1.165) is 31.6 Å². The molecular weight excluding hydrogens is 374 g/mol. The standard InChI is InChI=1S/C21H28ClN5O/c22-19-9-3-2-8-18(19)15-27-16-20(23-24-27)21(28)26-12-6-7-17(14-26)13-25-10-4-1-5-11-25/h2-3,8-9,16-17H,1,4-7,10-15H2. The highest BCUT2D eigenvalue weighted by Gasteiger charge is 2.27. The minimum absolute atomic E-state index is 0.00578. The molecule has 2 aromatic rings. The molecule has 1 unspecified atom stereocenters. The molecule has 0 N–H and O–H groups in total. The molecule has 2 aliphatic rings. The van der Waals surface area contributed by atoms with Crippen molar-refractivity contribution in [2.75, 3.05) is 32.7 Å². The van der Waals surface area contributed by atoms with Crippen LogP contribution in [-0.4, -0.2) is 63.4 Å². The van der Waals surface area contributed by atoms with Gasteiger partial charge in [0.1, 0.15) is 0 Å². The third-order valence-electron chi connectivity index (χ3n) is 5.82. The molecule has 0 saturated carbocycles. The predicted molar refractivity (Wildman–Crippen MR) is 109 cm³/mol. The maximum absolute atomic E-state index is 12.9. The Labute approximate surface area is 171 Å². The SMILES string of the molecule is O=C(c1cn(Cc2ccccc2Cl)nn1)N1CCCC(CN2CCCCC2)C1. The van der Waals surface area contributed by atoms with E-state index in [0.29, 0.717) is 23.2 Å². The lowest BCUT2D eigenvalue weighted by atomic mass is 9.96. The number of piperidine rings is 2. The van der Waals surface area contributed by atoms with Gasteiger partial charge >= 0.3 is 0 Å². The van der Waals surface area contributed by atoms with Crippen molar-refractivity contribution in [3.8, 4) is 0 Å². The van der Waals surface area contributed by atoms with Gasteiger partial charge in [0.2, 0.25) is 0 Å². The van der Waals surface area contributed by atoms with Crippen LogP contribution in [-0.2, 0) is 6.54 Å². The van der Waals surface area contributed by atoms with E-state index in [9.17, 15) is 4.79 Å². The zero-order chi connectivity index (χ0) is 19.3. The number of hydrogen-bond donors (Lipinski definition) is 0. The van der Waals surface area contributed by atoms with Gasteiger partial charge in [0.05, 0.1) is 12.7 Å². The minimum atomic E-state index is -0.00578. The van der Waals surface area contributed by atoms with Crippen molar-refractivity contribution in [1.82, 2.24) is 24.8 Å². The number of halogens is 1. The summed E-state index contributed by atoms with van der Waals surface area (Å²) in [5.41, 5.74) is 1.39. The fourth-order valence-electron chi connectivity index (χ4n) is 4.34. The van der Waals surface area contributed by atoms with Crippen LogP contribution < -0.4 is 0 Å². The third kappa shape index (κ3) is 4.73. The monoisotopic (exact) mass is 401 g/mol. The number of nitrogens with zero attached hydrogens (tertiary/aromatic N) is 5. The summed E-state index contributed by atoms with van der Waals surface area (Å²) in [6, 6.07) is 7.66. The molecule has 3 heterocycles. The molecule has 1 aromatic carbocycles. The number of likely N-dealkylation sites (tertiary alicyclic amines) is 2. The second-order valence-corrected chi connectivity index (χ2v) is 8.42. The number of hydrogen-bond acceptors (Lipinski definition) is 4. The van der Waals surface area contributed by atoms with Gasteiger partial charge in [0.25, 0.3) is 5.91 Å². The summed E-state index contributed by atoms with van der Waals surface area (Å²) in [5, 5.41) is 8.96. The first-order chi connectivity index (χ1) is 13.7. The van der Waals surface area contributed by atoms with Crippen LogP contribution in [0.3, 0.4) is 0 Å². The zero-order valence-electron chi connectivity index (χ0n) is 16.3. The summed E-state index contributed by atoms with van der Waals surface area (Å²) >= 11 is 6.22. The summed E-state index contributed by atoms with van der Waals surface area (Å²) in [7, 11) is 0. The summed E-state index contributed by atoms with van der Waals surface area (Å²) < 4.78 is 1.68. The molecule has 0 bridgehead atoms. The molecule has 4 rings (SSSR count). The lowest BCUT2D eigenvalue weighted by Gasteiger charge is -2.36. The zero-order valence-corrected chi connectivity index (χ0v) is 17.0. The van der Waals surface area contributed by atoms with Gasteiger partial charge in [-0.25, -0.2) is 4.68 Å².